The average Bonchev–Trinajstić information content (AvgIpc) is 2.15. The highest BCUT2D eigenvalue weighted by Crippen LogP contribution is 2.43. The molecule has 88 valence electrons. The van der Waals surface area contributed by atoms with Crippen molar-refractivity contribution in [3.63, 3.8) is 0 Å². The lowest BCUT2D eigenvalue weighted by Crippen LogP contribution is -2.55. The highest BCUT2D eigenvalue weighted by Gasteiger charge is 2.41. The van der Waals surface area contributed by atoms with E-state index in [-0.39, 0.29) is 0 Å². The van der Waals surface area contributed by atoms with Crippen molar-refractivity contribution in [3.8, 4) is 0 Å². The number of piperidine rings is 1. The van der Waals surface area contributed by atoms with Gasteiger partial charge in [0.25, 0.3) is 0 Å². The molecule has 2 fully saturated rings. The van der Waals surface area contributed by atoms with Gasteiger partial charge in [0.05, 0.1) is 0 Å². The molecule has 1 N–H and O–H groups in total. The first-order chi connectivity index (χ1) is 6.98. The van der Waals surface area contributed by atoms with Crippen LogP contribution in [0.4, 0.5) is 0 Å². The van der Waals surface area contributed by atoms with E-state index in [4.69, 9.17) is 0 Å². The third-order valence-electron chi connectivity index (χ3n) is 4.59. The Morgan fingerprint density at radius 3 is 2.40 bits per heavy atom. The fourth-order valence-corrected chi connectivity index (χ4v) is 3.71. The zero-order valence-electron chi connectivity index (χ0n) is 10.8. The summed E-state index contributed by atoms with van der Waals surface area (Å²) in [7, 11) is 0. The van der Waals surface area contributed by atoms with Crippen LogP contribution in [-0.4, -0.2) is 12.1 Å². The molecule has 1 heterocycles. The predicted octanol–water partition coefficient (Wildman–Crippen LogP) is 3.59. The highest BCUT2D eigenvalue weighted by molar-refractivity contribution is 4.96. The van der Waals surface area contributed by atoms with E-state index in [2.05, 4.69) is 33.0 Å². The molecule has 1 saturated heterocycles. The number of nitrogens with one attached hydrogen (secondary N) is 1. The SMILES string of the molecule is C[C@@H]1CC[C@H]2CCC[C@@H](C(C)(C)C)[C@@H]2N1. The van der Waals surface area contributed by atoms with Gasteiger partial charge in [0.2, 0.25) is 0 Å². The van der Waals surface area contributed by atoms with E-state index in [1.807, 2.05) is 0 Å². The maximum absolute atomic E-state index is 3.87. The van der Waals surface area contributed by atoms with Gasteiger partial charge in [0.1, 0.15) is 0 Å². The second-order valence-corrected chi connectivity index (χ2v) is 6.83. The van der Waals surface area contributed by atoms with Crippen molar-refractivity contribution in [1.29, 1.82) is 0 Å². The fourth-order valence-electron chi connectivity index (χ4n) is 3.71. The third kappa shape index (κ3) is 2.38. The summed E-state index contributed by atoms with van der Waals surface area (Å²) in [6.45, 7) is 9.60. The molecule has 1 saturated carbocycles. The monoisotopic (exact) mass is 209 g/mol. The smallest absolute Gasteiger partial charge is 0.0131 e. The highest BCUT2D eigenvalue weighted by atomic mass is 15.0. The molecule has 1 aliphatic carbocycles. The Kier molecular flexibility index (Phi) is 3.12. The van der Waals surface area contributed by atoms with Gasteiger partial charge in [-0.3, -0.25) is 0 Å². The first kappa shape index (κ1) is 11.4. The Bertz CT molecular complexity index is 216. The van der Waals surface area contributed by atoms with Crippen molar-refractivity contribution in [3.05, 3.63) is 0 Å². The molecule has 15 heavy (non-hydrogen) atoms. The summed E-state index contributed by atoms with van der Waals surface area (Å²) in [5, 5.41) is 3.87. The molecule has 0 spiro atoms. The van der Waals surface area contributed by atoms with Crippen LogP contribution in [0.1, 0.15) is 59.8 Å². The summed E-state index contributed by atoms with van der Waals surface area (Å²) in [6.07, 6.45) is 7.21. The van der Waals surface area contributed by atoms with Crippen molar-refractivity contribution in [2.75, 3.05) is 0 Å². The van der Waals surface area contributed by atoms with Gasteiger partial charge in [-0.1, -0.05) is 27.2 Å². The first-order valence-corrected chi connectivity index (χ1v) is 6.74. The molecule has 0 aromatic carbocycles. The minimum atomic E-state index is 0.480. The largest absolute Gasteiger partial charge is 0.311 e. The molecule has 4 atom stereocenters. The molecule has 1 heteroatoms. The zero-order valence-corrected chi connectivity index (χ0v) is 10.8. The van der Waals surface area contributed by atoms with Gasteiger partial charge in [0, 0.05) is 12.1 Å². The number of fused-ring (bicyclic) bond motifs is 1. The van der Waals surface area contributed by atoms with Crippen molar-refractivity contribution in [2.45, 2.75) is 71.9 Å². The number of rotatable bonds is 0. The van der Waals surface area contributed by atoms with Crippen molar-refractivity contribution in [1.82, 2.24) is 5.32 Å². The van der Waals surface area contributed by atoms with Crippen LogP contribution in [-0.2, 0) is 0 Å². The molecular weight excluding hydrogens is 182 g/mol. The van der Waals surface area contributed by atoms with Crippen LogP contribution < -0.4 is 5.32 Å². The lowest BCUT2D eigenvalue weighted by molar-refractivity contribution is 0.0564. The third-order valence-corrected chi connectivity index (χ3v) is 4.59. The Morgan fingerprint density at radius 2 is 1.73 bits per heavy atom. The maximum Gasteiger partial charge on any atom is 0.0131 e. The molecule has 1 aliphatic heterocycles. The Hall–Kier alpha value is -0.0400. The van der Waals surface area contributed by atoms with Crippen molar-refractivity contribution in [2.24, 2.45) is 17.3 Å². The van der Waals surface area contributed by atoms with E-state index in [1.165, 1.54) is 32.1 Å². The van der Waals surface area contributed by atoms with Crippen molar-refractivity contribution >= 4 is 0 Å². The summed E-state index contributed by atoms with van der Waals surface area (Å²) >= 11 is 0. The van der Waals surface area contributed by atoms with Gasteiger partial charge >= 0.3 is 0 Å². The molecule has 2 rings (SSSR count). The molecule has 0 radical (unpaired) electrons. The van der Waals surface area contributed by atoms with Gasteiger partial charge in [-0.25, -0.2) is 0 Å². The number of hydrogen-bond acceptors (Lipinski definition) is 1. The summed E-state index contributed by atoms with van der Waals surface area (Å²) < 4.78 is 0. The molecule has 2 aliphatic rings. The minimum Gasteiger partial charge on any atom is -0.311 e. The molecule has 0 amide bonds. The Labute approximate surface area is 95.0 Å². The predicted molar refractivity (Wildman–Crippen MR) is 65.9 cm³/mol. The van der Waals surface area contributed by atoms with Crippen molar-refractivity contribution < 1.29 is 0 Å². The number of hydrogen-bond donors (Lipinski definition) is 1. The normalized spacial score (nSPS) is 42.4. The summed E-state index contributed by atoms with van der Waals surface area (Å²) in [6, 6.07) is 1.55. The minimum absolute atomic E-state index is 0.480. The van der Waals surface area contributed by atoms with E-state index >= 15 is 0 Å². The van der Waals surface area contributed by atoms with Gasteiger partial charge < -0.3 is 5.32 Å². The lowest BCUT2D eigenvalue weighted by atomic mass is 9.63. The van der Waals surface area contributed by atoms with Crippen LogP contribution in [0, 0.1) is 17.3 Å². The van der Waals surface area contributed by atoms with Crippen LogP contribution in [0.15, 0.2) is 0 Å². The van der Waals surface area contributed by atoms with Gasteiger partial charge in [-0.2, -0.15) is 0 Å². The van der Waals surface area contributed by atoms with Crippen LogP contribution in [0.25, 0.3) is 0 Å². The quantitative estimate of drug-likeness (QED) is 0.643. The molecule has 0 bridgehead atoms. The van der Waals surface area contributed by atoms with E-state index in [0.29, 0.717) is 5.41 Å². The fraction of sp³-hybridized carbons (Fsp3) is 1.00. The lowest BCUT2D eigenvalue weighted by Gasteiger charge is -2.49. The molecule has 0 unspecified atom stereocenters. The zero-order chi connectivity index (χ0) is 11.1. The average molecular weight is 209 g/mol. The standard InChI is InChI=1S/C14H27N/c1-10-8-9-11-6-5-7-12(13(11)15-10)14(2,3)4/h10-13,15H,5-9H2,1-4H3/t10-,11-,12-,13-/m1/s1. The van der Waals surface area contributed by atoms with E-state index in [9.17, 15) is 0 Å². The van der Waals surface area contributed by atoms with E-state index < -0.39 is 0 Å². The van der Waals surface area contributed by atoms with Crippen LogP contribution in [0.5, 0.6) is 0 Å². The second-order valence-electron chi connectivity index (χ2n) is 6.83. The van der Waals surface area contributed by atoms with Crippen LogP contribution in [0.2, 0.25) is 0 Å². The molecular formula is C14H27N. The van der Waals surface area contributed by atoms with Crippen LogP contribution in [0.3, 0.4) is 0 Å². The summed E-state index contributed by atoms with van der Waals surface area (Å²) in [5.74, 6) is 1.86. The van der Waals surface area contributed by atoms with Gasteiger partial charge in [-0.05, 0) is 49.9 Å². The summed E-state index contributed by atoms with van der Waals surface area (Å²) in [4.78, 5) is 0. The summed E-state index contributed by atoms with van der Waals surface area (Å²) in [5.41, 5.74) is 0.480. The maximum atomic E-state index is 3.87. The van der Waals surface area contributed by atoms with E-state index in [0.717, 1.165) is 23.9 Å². The molecule has 1 nitrogen and oxygen atoms in total. The Balaban J connectivity index is 2.11. The van der Waals surface area contributed by atoms with Gasteiger partial charge in [-0.15, -0.1) is 0 Å². The molecule has 0 aromatic rings. The molecule has 0 aromatic heterocycles. The topological polar surface area (TPSA) is 12.0 Å². The van der Waals surface area contributed by atoms with Crippen LogP contribution >= 0.6 is 0 Å². The Morgan fingerprint density at radius 1 is 1.00 bits per heavy atom. The van der Waals surface area contributed by atoms with E-state index in [1.54, 1.807) is 0 Å². The van der Waals surface area contributed by atoms with Gasteiger partial charge in [0.15, 0.2) is 0 Å². The first-order valence-electron chi connectivity index (χ1n) is 6.74. The second kappa shape index (κ2) is 4.08.